The second-order valence-electron chi connectivity index (χ2n) is 7.46. The highest BCUT2D eigenvalue weighted by Gasteiger charge is 2.28. The Labute approximate surface area is 181 Å². The summed E-state index contributed by atoms with van der Waals surface area (Å²) in [7, 11) is -3.30. The molecule has 2 aromatic rings. The fourth-order valence-electron chi connectivity index (χ4n) is 3.60. The summed E-state index contributed by atoms with van der Waals surface area (Å²) in [6, 6.07) is 11.7. The van der Waals surface area contributed by atoms with E-state index in [1.54, 1.807) is 13.0 Å². The minimum atomic E-state index is -3.30. The Morgan fingerprint density at radius 3 is 2.70 bits per heavy atom. The molecule has 0 bridgehead atoms. The first-order chi connectivity index (χ1) is 14.2. The van der Waals surface area contributed by atoms with E-state index in [2.05, 4.69) is 10.2 Å². The summed E-state index contributed by atoms with van der Waals surface area (Å²) < 4.78 is 37.1. The monoisotopic (exact) mass is 450 g/mol. The van der Waals surface area contributed by atoms with Crippen molar-refractivity contribution in [2.24, 2.45) is 0 Å². The molecule has 1 saturated heterocycles. The van der Waals surface area contributed by atoms with Crippen molar-refractivity contribution < 1.29 is 17.6 Å². The van der Waals surface area contributed by atoms with E-state index in [0.717, 1.165) is 36.6 Å². The van der Waals surface area contributed by atoms with Gasteiger partial charge in [0, 0.05) is 35.0 Å². The molecule has 5 nitrogen and oxygen atoms in total. The first-order valence-electron chi connectivity index (χ1n) is 9.65. The first-order valence-corrected chi connectivity index (χ1v) is 12.0. The van der Waals surface area contributed by atoms with E-state index in [4.69, 9.17) is 11.6 Å². The van der Waals surface area contributed by atoms with Crippen molar-refractivity contribution in [3.8, 4) is 0 Å². The summed E-state index contributed by atoms with van der Waals surface area (Å²) >= 11 is 6.36. The second-order valence-corrected chi connectivity index (χ2v) is 9.80. The third-order valence-electron chi connectivity index (χ3n) is 5.02. The Morgan fingerprint density at radius 2 is 2.03 bits per heavy atom. The molecule has 0 aromatic heterocycles. The smallest absolute Gasteiger partial charge is 0.254 e. The number of hydrogen-bond donors (Lipinski definition) is 1. The Bertz CT molecular complexity index is 1070. The largest absolute Gasteiger partial charge is 0.364 e. The average molecular weight is 451 g/mol. The minimum absolute atomic E-state index is 0.0546. The van der Waals surface area contributed by atoms with Crippen LogP contribution in [0, 0.1) is 5.82 Å². The fourth-order valence-corrected chi connectivity index (χ4v) is 4.39. The van der Waals surface area contributed by atoms with Gasteiger partial charge in [-0.15, -0.1) is 0 Å². The number of hydrogen-bond acceptors (Lipinski definition) is 4. The molecule has 0 spiro atoms. The molecule has 1 heterocycles. The van der Waals surface area contributed by atoms with Gasteiger partial charge in [0.05, 0.1) is 11.6 Å². The predicted molar refractivity (Wildman–Crippen MR) is 118 cm³/mol. The van der Waals surface area contributed by atoms with Crippen molar-refractivity contribution >= 4 is 33.0 Å². The van der Waals surface area contributed by atoms with E-state index in [0.29, 0.717) is 10.7 Å². The number of carbonyl (C=O) groups is 1. The molecule has 160 valence electrons. The van der Waals surface area contributed by atoms with Gasteiger partial charge >= 0.3 is 0 Å². The van der Waals surface area contributed by atoms with E-state index in [9.17, 15) is 17.6 Å². The Balaban J connectivity index is 1.77. The standard InChI is InChI=1S/C22H24ClFN2O3S/c1-15(11-13-30(2,28)29)25-22(27)18-10-9-16(14-20(18)24)26-12-5-8-21(26)17-6-3-4-7-19(17)23/h3-4,6-7,9-11,13-15,21H,5,8,12H2,1-2H3,(H,25,27)/b13-11+/t15-,21+/m1/s1. The summed E-state index contributed by atoms with van der Waals surface area (Å²) in [6.07, 6.45) is 4.28. The third kappa shape index (κ3) is 5.40. The summed E-state index contributed by atoms with van der Waals surface area (Å²) in [5.41, 5.74) is 1.61. The van der Waals surface area contributed by atoms with Crippen LogP contribution in [-0.2, 0) is 9.84 Å². The number of benzene rings is 2. The van der Waals surface area contributed by atoms with Crippen molar-refractivity contribution in [1.29, 1.82) is 0 Å². The van der Waals surface area contributed by atoms with Crippen molar-refractivity contribution in [2.75, 3.05) is 17.7 Å². The van der Waals surface area contributed by atoms with Gasteiger partial charge in [0.15, 0.2) is 9.84 Å². The highest BCUT2D eigenvalue weighted by atomic mass is 35.5. The van der Waals surface area contributed by atoms with Gasteiger partial charge in [-0.05, 0) is 49.6 Å². The van der Waals surface area contributed by atoms with Crippen LogP contribution in [0.5, 0.6) is 0 Å². The van der Waals surface area contributed by atoms with E-state index in [-0.39, 0.29) is 11.6 Å². The molecule has 2 atom stereocenters. The highest BCUT2D eigenvalue weighted by molar-refractivity contribution is 7.93. The fraction of sp³-hybridized carbons (Fsp3) is 0.318. The lowest BCUT2D eigenvalue weighted by molar-refractivity contribution is 0.0943. The number of anilines is 1. The molecule has 0 unspecified atom stereocenters. The lowest BCUT2D eigenvalue weighted by atomic mass is 10.0. The van der Waals surface area contributed by atoms with Crippen LogP contribution in [0.2, 0.25) is 5.02 Å². The Hall–Kier alpha value is -2.38. The van der Waals surface area contributed by atoms with Gasteiger partial charge in [0.1, 0.15) is 5.82 Å². The molecule has 1 N–H and O–H groups in total. The molecule has 8 heteroatoms. The maximum atomic E-state index is 14.8. The Morgan fingerprint density at radius 1 is 1.30 bits per heavy atom. The summed E-state index contributed by atoms with van der Waals surface area (Å²) in [5.74, 6) is -1.23. The van der Waals surface area contributed by atoms with Gasteiger partial charge in [-0.2, -0.15) is 0 Å². The maximum Gasteiger partial charge on any atom is 0.254 e. The number of rotatable bonds is 6. The minimum Gasteiger partial charge on any atom is -0.364 e. The van der Waals surface area contributed by atoms with Gasteiger partial charge in [-0.3, -0.25) is 4.79 Å². The summed E-state index contributed by atoms with van der Waals surface area (Å²) in [5, 5.41) is 4.28. The number of carbonyl (C=O) groups excluding carboxylic acids is 1. The van der Waals surface area contributed by atoms with E-state index < -0.39 is 27.6 Å². The first kappa shape index (κ1) is 22.3. The molecular weight excluding hydrogens is 427 g/mol. The maximum absolute atomic E-state index is 14.8. The molecule has 0 aliphatic carbocycles. The molecule has 2 aromatic carbocycles. The molecule has 0 radical (unpaired) electrons. The van der Waals surface area contributed by atoms with Crippen LogP contribution >= 0.6 is 11.6 Å². The molecule has 3 rings (SSSR count). The van der Waals surface area contributed by atoms with Crippen LogP contribution in [0.15, 0.2) is 53.9 Å². The molecule has 1 fully saturated rings. The summed E-state index contributed by atoms with van der Waals surface area (Å²) in [4.78, 5) is 14.5. The van der Waals surface area contributed by atoms with Crippen molar-refractivity contribution in [3.63, 3.8) is 0 Å². The number of amides is 1. The van der Waals surface area contributed by atoms with E-state index in [1.165, 1.54) is 18.2 Å². The number of nitrogens with zero attached hydrogens (tertiary/aromatic N) is 1. The number of sulfone groups is 1. The molecule has 0 saturated carbocycles. The van der Waals surface area contributed by atoms with Crippen LogP contribution in [0.3, 0.4) is 0 Å². The van der Waals surface area contributed by atoms with Gasteiger partial charge in [-0.1, -0.05) is 35.9 Å². The molecule has 1 aliphatic rings. The van der Waals surface area contributed by atoms with E-state index >= 15 is 0 Å². The zero-order valence-corrected chi connectivity index (χ0v) is 18.4. The molecule has 1 aliphatic heterocycles. The third-order valence-corrected chi connectivity index (χ3v) is 6.01. The quantitative estimate of drug-likeness (QED) is 0.703. The van der Waals surface area contributed by atoms with Crippen LogP contribution in [0.4, 0.5) is 10.1 Å². The van der Waals surface area contributed by atoms with Crippen molar-refractivity contribution in [1.82, 2.24) is 5.32 Å². The zero-order valence-electron chi connectivity index (χ0n) is 16.8. The van der Waals surface area contributed by atoms with Gasteiger partial charge in [0.2, 0.25) is 0 Å². The van der Waals surface area contributed by atoms with Crippen molar-refractivity contribution in [2.45, 2.75) is 31.8 Å². The van der Waals surface area contributed by atoms with E-state index in [1.807, 2.05) is 24.3 Å². The van der Waals surface area contributed by atoms with Crippen LogP contribution in [0.25, 0.3) is 0 Å². The van der Waals surface area contributed by atoms with Crippen LogP contribution in [-0.4, -0.2) is 33.2 Å². The Kier molecular flexibility index (Phi) is 6.83. The topological polar surface area (TPSA) is 66.5 Å². The second kappa shape index (κ2) is 9.18. The van der Waals surface area contributed by atoms with Gasteiger partial charge in [0.25, 0.3) is 5.91 Å². The molecule has 1 amide bonds. The number of nitrogens with one attached hydrogen (secondary N) is 1. The average Bonchev–Trinajstić information content (AvgIpc) is 3.15. The summed E-state index contributed by atoms with van der Waals surface area (Å²) in [6.45, 7) is 2.39. The number of halogens is 2. The van der Waals surface area contributed by atoms with Gasteiger partial charge < -0.3 is 10.2 Å². The predicted octanol–water partition coefficient (Wildman–Crippen LogP) is 4.50. The molecular formula is C22H24ClFN2O3S. The zero-order chi connectivity index (χ0) is 21.9. The van der Waals surface area contributed by atoms with Crippen molar-refractivity contribution in [3.05, 3.63) is 75.9 Å². The normalized spacial score (nSPS) is 18.0. The van der Waals surface area contributed by atoms with Gasteiger partial charge in [-0.25, -0.2) is 12.8 Å². The lowest BCUT2D eigenvalue weighted by Crippen LogP contribution is -2.32. The van der Waals surface area contributed by atoms with Crippen LogP contribution in [0.1, 0.15) is 41.7 Å². The highest BCUT2D eigenvalue weighted by Crippen LogP contribution is 2.39. The SMILES string of the molecule is C[C@H](/C=C/S(C)(=O)=O)NC(=O)c1ccc(N2CCC[C@H]2c2ccccc2Cl)cc1F. The lowest BCUT2D eigenvalue weighted by Gasteiger charge is -2.28. The van der Waals surface area contributed by atoms with Crippen LogP contribution < -0.4 is 10.2 Å². The molecule has 30 heavy (non-hydrogen) atoms.